The van der Waals surface area contributed by atoms with Crippen LogP contribution in [-0.4, -0.2) is 54.3 Å². The van der Waals surface area contributed by atoms with Crippen LogP contribution in [0.25, 0.3) is 5.70 Å². The number of anilines is 2. The Morgan fingerprint density at radius 2 is 1.84 bits per heavy atom. The van der Waals surface area contributed by atoms with Crippen LogP contribution in [0.3, 0.4) is 0 Å². The van der Waals surface area contributed by atoms with Gasteiger partial charge in [-0.15, -0.1) is 5.73 Å². The van der Waals surface area contributed by atoms with Gasteiger partial charge < -0.3 is 30.1 Å². The predicted molar refractivity (Wildman–Crippen MR) is 143 cm³/mol. The number of aryl methyl sites for hydroxylation is 1. The highest BCUT2D eigenvalue weighted by Gasteiger charge is 2.28. The Labute approximate surface area is 219 Å². The number of hydrogen-bond acceptors (Lipinski definition) is 8. The van der Waals surface area contributed by atoms with Gasteiger partial charge in [-0.1, -0.05) is 30.0 Å². The van der Waals surface area contributed by atoms with Gasteiger partial charge in [0.05, 0.1) is 31.1 Å². The molecule has 2 amide bonds. The van der Waals surface area contributed by atoms with Crippen LogP contribution in [0.4, 0.5) is 10.8 Å². The lowest BCUT2D eigenvalue weighted by Crippen LogP contribution is -2.54. The van der Waals surface area contributed by atoms with E-state index in [4.69, 9.17) is 14.6 Å². The summed E-state index contributed by atoms with van der Waals surface area (Å²) in [5.41, 5.74) is 5.61. The molecule has 1 aliphatic heterocycles. The second-order valence-electron chi connectivity index (χ2n) is 8.36. The Balaban J connectivity index is 1.30. The number of nitrogens with zero attached hydrogens (tertiary/aromatic N) is 2. The van der Waals surface area contributed by atoms with E-state index in [1.807, 2.05) is 48.5 Å². The van der Waals surface area contributed by atoms with E-state index < -0.39 is 0 Å². The minimum Gasteiger partial charge on any atom is -0.491 e. The van der Waals surface area contributed by atoms with Gasteiger partial charge in [-0.05, 0) is 43.3 Å². The summed E-state index contributed by atoms with van der Waals surface area (Å²) in [5.74, 6) is 0.884. The molecule has 0 spiro atoms. The molecule has 0 atom stereocenters. The second-order valence-corrected chi connectivity index (χ2v) is 9.35. The molecular formula is C27H28N4O5S. The molecular weight excluding hydrogens is 492 g/mol. The Hall–Kier alpha value is -4.11. The number of aliphatic hydroxyl groups excluding tert-OH is 1. The molecule has 1 saturated heterocycles. The van der Waals surface area contributed by atoms with Crippen LogP contribution in [-0.2, 0) is 4.79 Å². The molecule has 0 unspecified atom stereocenters. The Kier molecular flexibility index (Phi) is 8.25. The summed E-state index contributed by atoms with van der Waals surface area (Å²) in [6.45, 7) is 8.57. The topological polar surface area (TPSA) is 113 Å². The molecule has 192 valence electrons. The van der Waals surface area contributed by atoms with Crippen molar-refractivity contribution in [1.82, 2.24) is 10.3 Å². The van der Waals surface area contributed by atoms with E-state index >= 15 is 0 Å². The van der Waals surface area contributed by atoms with Crippen LogP contribution in [0.1, 0.15) is 27.9 Å². The van der Waals surface area contributed by atoms with E-state index in [1.165, 1.54) is 6.92 Å². The summed E-state index contributed by atoms with van der Waals surface area (Å²) < 4.78 is 11.4. The standard InChI is InChI=1S/C27H28N4O5S/c1-4-24(30-26(34)25-17(2)28-27(37-25)29-18(3)33)19-5-7-20(8-6-19)31-15-23(16-31)36-22-11-9-21(10-12-22)35-14-13-32/h5-12,23,32H,1,13-16H2,2-3H3,(H,30,34)(H,28,29,33). The van der Waals surface area contributed by atoms with Crippen molar-refractivity contribution in [2.24, 2.45) is 0 Å². The van der Waals surface area contributed by atoms with Gasteiger partial charge in [0, 0.05) is 18.2 Å². The summed E-state index contributed by atoms with van der Waals surface area (Å²) in [6.07, 6.45) is 0.0804. The number of aromatic nitrogens is 1. The number of nitrogens with one attached hydrogen (secondary N) is 2. The number of carbonyl (C=O) groups excluding carboxylic acids is 2. The van der Waals surface area contributed by atoms with Crippen molar-refractivity contribution in [3.05, 3.63) is 77.0 Å². The van der Waals surface area contributed by atoms with Crippen LogP contribution < -0.4 is 25.0 Å². The molecule has 1 aromatic heterocycles. The molecule has 1 aliphatic rings. The van der Waals surface area contributed by atoms with Crippen molar-refractivity contribution in [1.29, 1.82) is 0 Å². The second kappa shape index (κ2) is 11.7. The third-order valence-electron chi connectivity index (χ3n) is 5.56. The first-order chi connectivity index (χ1) is 17.9. The van der Waals surface area contributed by atoms with Crippen LogP contribution in [0.15, 0.2) is 60.8 Å². The quantitative estimate of drug-likeness (QED) is 0.350. The zero-order valence-electron chi connectivity index (χ0n) is 20.6. The third-order valence-corrected chi connectivity index (χ3v) is 6.63. The summed E-state index contributed by atoms with van der Waals surface area (Å²) in [5, 5.41) is 14.7. The van der Waals surface area contributed by atoms with Gasteiger partial charge >= 0.3 is 0 Å². The molecule has 1 fully saturated rings. The van der Waals surface area contributed by atoms with Crippen LogP contribution in [0.2, 0.25) is 0 Å². The summed E-state index contributed by atoms with van der Waals surface area (Å²) in [7, 11) is 0. The van der Waals surface area contributed by atoms with Gasteiger partial charge in [-0.25, -0.2) is 4.98 Å². The number of thiazole rings is 1. The number of amides is 2. The molecule has 4 rings (SSSR count). The third kappa shape index (κ3) is 6.56. The van der Waals surface area contributed by atoms with E-state index in [1.54, 1.807) is 6.92 Å². The Morgan fingerprint density at radius 3 is 2.46 bits per heavy atom. The number of benzene rings is 2. The molecule has 3 N–H and O–H groups in total. The molecule has 9 nitrogen and oxygen atoms in total. The molecule has 2 aromatic carbocycles. The van der Waals surface area contributed by atoms with Gasteiger partial charge in [0.15, 0.2) is 5.13 Å². The fraction of sp³-hybridized carbons (Fsp3) is 0.259. The van der Waals surface area contributed by atoms with Crippen molar-refractivity contribution in [2.75, 3.05) is 36.5 Å². The number of rotatable bonds is 10. The molecule has 2 heterocycles. The Bertz CT molecular complexity index is 1310. The number of aliphatic hydroxyl groups is 1. The maximum Gasteiger partial charge on any atom is 0.268 e. The molecule has 0 saturated carbocycles. The molecule has 0 radical (unpaired) electrons. The number of carbonyl (C=O) groups is 2. The maximum atomic E-state index is 12.8. The van der Waals surface area contributed by atoms with Gasteiger partial charge in [-0.3, -0.25) is 9.59 Å². The zero-order valence-corrected chi connectivity index (χ0v) is 21.4. The fourth-order valence-electron chi connectivity index (χ4n) is 3.73. The highest BCUT2D eigenvalue weighted by molar-refractivity contribution is 7.17. The van der Waals surface area contributed by atoms with Crippen molar-refractivity contribution in [2.45, 2.75) is 20.0 Å². The summed E-state index contributed by atoms with van der Waals surface area (Å²) >= 11 is 1.11. The highest BCUT2D eigenvalue weighted by atomic mass is 32.1. The minimum absolute atomic E-state index is 0.0224. The Morgan fingerprint density at radius 1 is 1.16 bits per heavy atom. The van der Waals surface area contributed by atoms with E-state index in [2.05, 4.69) is 32.8 Å². The molecule has 0 aliphatic carbocycles. The largest absolute Gasteiger partial charge is 0.491 e. The SMILES string of the molecule is C=C=C(NC(=O)c1sc(NC(C)=O)nc1C)c1ccc(N2CC(Oc3ccc(OCCO)cc3)C2)cc1. The first-order valence-electron chi connectivity index (χ1n) is 11.7. The van der Waals surface area contributed by atoms with Crippen LogP contribution in [0, 0.1) is 6.92 Å². The summed E-state index contributed by atoms with van der Waals surface area (Å²) in [6, 6.07) is 15.1. The molecule has 37 heavy (non-hydrogen) atoms. The fourth-order valence-corrected chi connectivity index (χ4v) is 4.64. The van der Waals surface area contributed by atoms with Crippen molar-refractivity contribution in [3.8, 4) is 11.5 Å². The van der Waals surface area contributed by atoms with Gasteiger partial charge in [0.25, 0.3) is 5.91 Å². The minimum atomic E-state index is -0.336. The maximum absolute atomic E-state index is 12.8. The van der Waals surface area contributed by atoms with Gasteiger partial charge in [0.1, 0.15) is 29.1 Å². The van der Waals surface area contributed by atoms with E-state index in [0.717, 1.165) is 41.4 Å². The lowest BCUT2D eigenvalue weighted by Gasteiger charge is -2.40. The monoisotopic (exact) mass is 520 g/mol. The van der Waals surface area contributed by atoms with Crippen molar-refractivity contribution < 1.29 is 24.2 Å². The summed E-state index contributed by atoms with van der Waals surface area (Å²) in [4.78, 5) is 30.9. The van der Waals surface area contributed by atoms with Gasteiger partial charge in [-0.2, -0.15) is 0 Å². The smallest absolute Gasteiger partial charge is 0.268 e. The van der Waals surface area contributed by atoms with Crippen molar-refractivity contribution in [3.63, 3.8) is 0 Å². The zero-order chi connectivity index (χ0) is 26.4. The number of ether oxygens (including phenoxy) is 2. The lowest BCUT2D eigenvalue weighted by molar-refractivity contribution is -0.114. The van der Waals surface area contributed by atoms with Crippen LogP contribution >= 0.6 is 11.3 Å². The van der Waals surface area contributed by atoms with E-state index in [0.29, 0.717) is 27.1 Å². The normalized spacial score (nSPS) is 12.8. The van der Waals surface area contributed by atoms with E-state index in [9.17, 15) is 9.59 Å². The first kappa shape index (κ1) is 26.0. The molecule has 10 heteroatoms. The average Bonchev–Trinajstić information content (AvgIpc) is 3.23. The molecule has 3 aromatic rings. The van der Waals surface area contributed by atoms with E-state index in [-0.39, 0.29) is 31.1 Å². The number of hydrogen-bond donors (Lipinski definition) is 3. The highest BCUT2D eigenvalue weighted by Crippen LogP contribution is 2.27. The molecule has 0 bridgehead atoms. The lowest BCUT2D eigenvalue weighted by atomic mass is 10.1. The first-order valence-corrected chi connectivity index (χ1v) is 12.5. The predicted octanol–water partition coefficient (Wildman–Crippen LogP) is 3.60. The van der Waals surface area contributed by atoms with Crippen molar-refractivity contribution >= 4 is 39.7 Å². The average molecular weight is 521 g/mol. The van der Waals surface area contributed by atoms with Crippen LogP contribution in [0.5, 0.6) is 11.5 Å². The van der Waals surface area contributed by atoms with Gasteiger partial charge in [0.2, 0.25) is 5.91 Å².